The molecule has 8 nitrogen and oxygen atoms in total. The molecule has 1 aliphatic rings. The number of para-hydroxylation sites is 2. The molecule has 0 radical (unpaired) electrons. The molecule has 160 valence electrons. The Morgan fingerprint density at radius 3 is 1.63 bits per heavy atom. The Bertz CT molecular complexity index is 756. The second-order valence-corrected chi connectivity index (χ2v) is 6.97. The summed E-state index contributed by atoms with van der Waals surface area (Å²) in [5.74, 6) is 0. The molecule has 0 bridgehead atoms. The first kappa shape index (κ1) is 21.6. The number of carbonyl (C=O) groups excluding carboxylic acids is 2. The summed E-state index contributed by atoms with van der Waals surface area (Å²) in [6.07, 6.45) is -1.13. The number of amides is 2. The number of carbonyl (C=O) groups is 2. The molecule has 0 saturated carbocycles. The van der Waals surface area contributed by atoms with Crippen LogP contribution in [0.1, 0.15) is 0 Å². The zero-order valence-corrected chi connectivity index (χ0v) is 17.0. The molecular formula is C22H28N4O4. The van der Waals surface area contributed by atoms with Crippen LogP contribution in [0.2, 0.25) is 0 Å². The zero-order chi connectivity index (χ0) is 21.2. The highest BCUT2D eigenvalue weighted by molar-refractivity contribution is 5.95. The van der Waals surface area contributed by atoms with Crippen LogP contribution in [0.15, 0.2) is 60.7 Å². The van der Waals surface area contributed by atoms with Gasteiger partial charge in [-0.25, -0.2) is 14.5 Å². The second kappa shape index (κ2) is 11.2. The van der Waals surface area contributed by atoms with Crippen molar-refractivity contribution in [3.63, 3.8) is 0 Å². The molecule has 0 aromatic heterocycles. The van der Waals surface area contributed by atoms with Crippen LogP contribution in [-0.2, 0) is 9.47 Å². The predicted molar refractivity (Wildman–Crippen MR) is 115 cm³/mol. The lowest BCUT2D eigenvalue weighted by molar-refractivity contribution is 0.0832. The van der Waals surface area contributed by atoms with Crippen molar-refractivity contribution in [3.05, 3.63) is 60.7 Å². The number of nitrogens with two attached hydrogens (primary N) is 1. The third kappa shape index (κ3) is 6.47. The van der Waals surface area contributed by atoms with E-state index in [0.717, 1.165) is 37.6 Å². The first-order chi connectivity index (χ1) is 14.6. The van der Waals surface area contributed by atoms with Crippen LogP contribution in [0.25, 0.3) is 0 Å². The summed E-state index contributed by atoms with van der Waals surface area (Å²) in [6, 6.07) is 18.9. The largest absolute Gasteiger partial charge is 0.448 e. The van der Waals surface area contributed by atoms with Crippen LogP contribution in [-0.4, -0.2) is 74.5 Å². The third-order valence-corrected chi connectivity index (χ3v) is 4.96. The van der Waals surface area contributed by atoms with Crippen molar-refractivity contribution in [2.75, 3.05) is 57.4 Å². The number of anilines is 2. The summed E-state index contributed by atoms with van der Waals surface area (Å²) >= 11 is 0. The van der Waals surface area contributed by atoms with Crippen molar-refractivity contribution in [1.82, 2.24) is 9.80 Å². The molecule has 1 heterocycles. The molecule has 1 fully saturated rings. The quantitative estimate of drug-likeness (QED) is 0.717. The number of hydrogen-bond donors (Lipinski definition) is 1. The van der Waals surface area contributed by atoms with E-state index in [9.17, 15) is 9.59 Å². The summed E-state index contributed by atoms with van der Waals surface area (Å²) < 4.78 is 10.4. The van der Waals surface area contributed by atoms with E-state index in [1.54, 1.807) is 4.90 Å². The summed E-state index contributed by atoms with van der Waals surface area (Å²) in [6.45, 7) is 5.46. The maximum atomic E-state index is 12.8. The molecule has 3 rings (SSSR count). The summed E-state index contributed by atoms with van der Waals surface area (Å²) in [7, 11) is 0. The average Bonchev–Trinajstić information content (AvgIpc) is 2.76. The van der Waals surface area contributed by atoms with Crippen molar-refractivity contribution < 1.29 is 19.1 Å². The standard InChI is InChI=1S/C22H28N4O4/c23-21(27)29-17-15-24-11-13-25(14-12-24)16-18-30-22(28)26(19-7-3-1-4-8-19)20-9-5-2-6-10-20/h1-10H,11-18H2,(H2,23,27). The van der Waals surface area contributed by atoms with Crippen LogP contribution in [0.3, 0.4) is 0 Å². The normalized spacial score (nSPS) is 14.8. The van der Waals surface area contributed by atoms with E-state index in [4.69, 9.17) is 15.2 Å². The smallest absolute Gasteiger partial charge is 0.418 e. The molecule has 0 unspecified atom stereocenters. The molecule has 2 amide bonds. The van der Waals surface area contributed by atoms with E-state index in [1.807, 2.05) is 60.7 Å². The highest BCUT2D eigenvalue weighted by Crippen LogP contribution is 2.25. The van der Waals surface area contributed by atoms with Crippen molar-refractivity contribution in [3.8, 4) is 0 Å². The lowest BCUT2D eigenvalue weighted by Gasteiger charge is -2.34. The molecule has 8 heteroatoms. The molecule has 2 N–H and O–H groups in total. The molecule has 2 aromatic carbocycles. The number of ether oxygens (including phenoxy) is 2. The van der Waals surface area contributed by atoms with Gasteiger partial charge in [0.05, 0.1) is 11.4 Å². The fourth-order valence-corrected chi connectivity index (χ4v) is 3.35. The van der Waals surface area contributed by atoms with Gasteiger partial charge in [-0.05, 0) is 24.3 Å². The third-order valence-electron chi connectivity index (χ3n) is 4.96. The van der Waals surface area contributed by atoms with E-state index in [0.29, 0.717) is 26.3 Å². The fraction of sp³-hybridized carbons (Fsp3) is 0.364. The maximum Gasteiger partial charge on any atom is 0.418 e. The van der Waals surface area contributed by atoms with Gasteiger partial charge in [0.15, 0.2) is 0 Å². The molecule has 0 spiro atoms. The van der Waals surface area contributed by atoms with Gasteiger partial charge in [-0.2, -0.15) is 0 Å². The van der Waals surface area contributed by atoms with Crippen molar-refractivity contribution in [1.29, 1.82) is 0 Å². The topological polar surface area (TPSA) is 88.3 Å². The number of hydrogen-bond acceptors (Lipinski definition) is 6. The maximum absolute atomic E-state index is 12.8. The molecule has 0 aliphatic carbocycles. The van der Waals surface area contributed by atoms with E-state index < -0.39 is 12.2 Å². The van der Waals surface area contributed by atoms with E-state index in [-0.39, 0.29) is 0 Å². The van der Waals surface area contributed by atoms with Gasteiger partial charge in [-0.1, -0.05) is 36.4 Å². The number of primary amides is 1. The number of rotatable bonds is 8. The van der Waals surface area contributed by atoms with Gasteiger partial charge in [0.2, 0.25) is 0 Å². The van der Waals surface area contributed by atoms with Crippen LogP contribution < -0.4 is 10.6 Å². The molecule has 30 heavy (non-hydrogen) atoms. The number of nitrogens with zero attached hydrogens (tertiary/aromatic N) is 3. The first-order valence-corrected chi connectivity index (χ1v) is 10.1. The summed E-state index contributed by atoms with van der Waals surface area (Å²) in [4.78, 5) is 29.5. The van der Waals surface area contributed by atoms with Gasteiger partial charge < -0.3 is 15.2 Å². The second-order valence-electron chi connectivity index (χ2n) is 6.97. The van der Waals surface area contributed by atoms with Crippen LogP contribution in [0.5, 0.6) is 0 Å². The van der Waals surface area contributed by atoms with Gasteiger partial charge >= 0.3 is 12.2 Å². The van der Waals surface area contributed by atoms with Gasteiger partial charge in [-0.3, -0.25) is 9.80 Å². The summed E-state index contributed by atoms with van der Waals surface area (Å²) in [5.41, 5.74) is 6.50. The first-order valence-electron chi connectivity index (χ1n) is 10.1. The number of piperazine rings is 1. The number of benzene rings is 2. The lowest BCUT2D eigenvalue weighted by Crippen LogP contribution is -2.48. The SMILES string of the molecule is NC(=O)OCCN1CCN(CCOC(=O)N(c2ccccc2)c2ccccc2)CC1. The molecule has 1 aliphatic heterocycles. The fourth-order valence-electron chi connectivity index (χ4n) is 3.35. The van der Waals surface area contributed by atoms with E-state index >= 15 is 0 Å². The lowest BCUT2D eigenvalue weighted by atomic mass is 10.2. The van der Waals surface area contributed by atoms with Crippen LogP contribution in [0.4, 0.5) is 21.0 Å². The Morgan fingerprint density at radius 1 is 0.767 bits per heavy atom. The molecule has 1 saturated heterocycles. The Labute approximate surface area is 176 Å². The Morgan fingerprint density at radius 2 is 1.20 bits per heavy atom. The highest BCUT2D eigenvalue weighted by atomic mass is 16.6. The zero-order valence-electron chi connectivity index (χ0n) is 17.0. The minimum atomic E-state index is -0.740. The minimum absolute atomic E-state index is 0.307. The van der Waals surface area contributed by atoms with Crippen LogP contribution >= 0.6 is 0 Å². The predicted octanol–water partition coefficient (Wildman–Crippen LogP) is 2.67. The average molecular weight is 412 g/mol. The Balaban J connectivity index is 1.46. The van der Waals surface area contributed by atoms with Crippen molar-refractivity contribution >= 4 is 23.6 Å². The molecular weight excluding hydrogens is 384 g/mol. The van der Waals surface area contributed by atoms with Gasteiger partial charge in [0.25, 0.3) is 0 Å². The highest BCUT2D eigenvalue weighted by Gasteiger charge is 2.21. The van der Waals surface area contributed by atoms with Gasteiger partial charge in [0.1, 0.15) is 13.2 Å². The minimum Gasteiger partial charge on any atom is -0.448 e. The molecule has 0 atom stereocenters. The van der Waals surface area contributed by atoms with Crippen LogP contribution in [0, 0.1) is 0 Å². The Hall–Kier alpha value is -3.10. The van der Waals surface area contributed by atoms with Crippen molar-refractivity contribution in [2.24, 2.45) is 5.73 Å². The molecule has 2 aromatic rings. The van der Waals surface area contributed by atoms with E-state index in [2.05, 4.69) is 9.80 Å². The van der Waals surface area contributed by atoms with Gasteiger partial charge in [-0.15, -0.1) is 0 Å². The van der Waals surface area contributed by atoms with Gasteiger partial charge in [0, 0.05) is 39.3 Å². The monoisotopic (exact) mass is 412 g/mol. The Kier molecular flexibility index (Phi) is 8.05. The van der Waals surface area contributed by atoms with Crippen molar-refractivity contribution in [2.45, 2.75) is 0 Å². The van der Waals surface area contributed by atoms with E-state index in [1.165, 1.54) is 0 Å². The summed E-state index contributed by atoms with van der Waals surface area (Å²) in [5, 5.41) is 0.